The fourth-order valence-corrected chi connectivity index (χ4v) is 4.01. The third kappa shape index (κ3) is 5.21. The molecule has 0 bridgehead atoms. The molecular weight excluding hydrogens is 460 g/mol. The number of fused-ring (bicyclic) bond motifs is 1. The molecule has 4 heterocycles. The number of rotatable bonds is 6. The molecule has 3 N–H and O–H groups in total. The summed E-state index contributed by atoms with van der Waals surface area (Å²) in [6.07, 6.45) is 5.81. The molecule has 3 aromatic heterocycles. The van der Waals surface area contributed by atoms with Gasteiger partial charge in [0.2, 0.25) is 11.8 Å². The van der Waals surface area contributed by atoms with E-state index >= 15 is 0 Å². The minimum absolute atomic E-state index is 0.148. The van der Waals surface area contributed by atoms with E-state index < -0.39 is 6.23 Å². The van der Waals surface area contributed by atoms with E-state index in [4.69, 9.17) is 9.15 Å². The third-order valence-corrected chi connectivity index (χ3v) is 5.87. The summed E-state index contributed by atoms with van der Waals surface area (Å²) in [5, 5.41) is 29.4. The molecule has 2 atom stereocenters. The van der Waals surface area contributed by atoms with Gasteiger partial charge in [-0.3, -0.25) is 10.00 Å². The van der Waals surface area contributed by atoms with Crippen LogP contribution in [0.4, 0.5) is 11.6 Å². The molecule has 0 radical (unpaired) electrons. The lowest BCUT2D eigenvalue weighted by Crippen LogP contribution is -2.26. The maximum Gasteiger partial charge on any atom is 0.259 e. The van der Waals surface area contributed by atoms with Crippen LogP contribution in [-0.2, 0) is 12.5 Å². The van der Waals surface area contributed by atoms with Gasteiger partial charge in [0.25, 0.3) is 5.89 Å². The maximum absolute atomic E-state index is 10.8. The average Bonchev–Trinajstić information content (AvgIpc) is 3.46. The Morgan fingerprint density at radius 2 is 2.06 bits per heavy atom. The van der Waals surface area contributed by atoms with E-state index in [0.717, 1.165) is 41.1 Å². The predicted molar refractivity (Wildman–Crippen MR) is 133 cm³/mol. The Bertz CT molecular complexity index is 1340. The van der Waals surface area contributed by atoms with Gasteiger partial charge in [0.15, 0.2) is 6.23 Å². The van der Waals surface area contributed by atoms with Crippen molar-refractivity contribution in [1.82, 2.24) is 35.3 Å². The summed E-state index contributed by atoms with van der Waals surface area (Å²) in [6, 6.07) is 7.68. The van der Waals surface area contributed by atoms with Crippen LogP contribution >= 0.6 is 0 Å². The number of hydrogen-bond donors (Lipinski definition) is 3. The number of anilines is 2. The molecule has 0 saturated carbocycles. The van der Waals surface area contributed by atoms with Crippen molar-refractivity contribution in [2.75, 3.05) is 11.9 Å². The number of benzene rings is 1. The molecule has 36 heavy (non-hydrogen) atoms. The van der Waals surface area contributed by atoms with Gasteiger partial charge in [-0.15, -0.1) is 10.2 Å². The van der Waals surface area contributed by atoms with Gasteiger partial charge < -0.3 is 19.6 Å². The van der Waals surface area contributed by atoms with E-state index in [1.807, 2.05) is 58.3 Å². The lowest BCUT2D eigenvalue weighted by Gasteiger charge is -2.21. The van der Waals surface area contributed by atoms with Crippen molar-refractivity contribution in [2.24, 2.45) is 7.05 Å². The van der Waals surface area contributed by atoms with Gasteiger partial charge in [-0.25, -0.2) is 9.97 Å². The number of aliphatic hydroxyl groups is 1. The van der Waals surface area contributed by atoms with Crippen LogP contribution in [0, 0.1) is 0 Å². The van der Waals surface area contributed by atoms with Gasteiger partial charge in [0.05, 0.1) is 24.2 Å². The zero-order valence-electron chi connectivity index (χ0n) is 20.8. The number of hydrogen-bond acceptors (Lipinski definition) is 10. The summed E-state index contributed by atoms with van der Waals surface area (Å²) in [6.45, 7) is 6.53. The van der Waals surface area contributed by atoms with E-state index in [2.05, 4.69) is 35.9 Å². The Morgan fingerprint density at radius 1 is 1.19 bits per heavy atom. The molecule has 0 spiro atoms. The topological polar surface area (TPSA) is 136 Å². The first-order chi connectivity index (χ1) is 17.3. The third-order valence-electron chi connectivity index (χ3n) is 5.87. The Labute approximate surface area is 209 Å². The highest BCUT2D eigenvalue weighted by atomic mass is 16.5. The van der Waals surface area contributed by atoms with Crippen LogP contribution in [0.15, 0.2) is 47.3 Å². The highest BCUT2D eigenvalue weighted by molar-refractivity contribution is 5.64. The summed E-state index contributed by atoms with van der Waals surface area (Å²) < 4.78 is 13.5. The van der Waals surface area contributed by atoms with Crippen LogP contribution in [0.2, 0.25) is 0 Å². The molecule has 0 amide bonds. The summed E-state index contributed by atoms with van der Waals surface area (Å²) in [5.74, 6) is 1.86. The van der Waals surface area contributed by atoms with Gasteiger partial charge in [-0.2, -0.15) is 5.10 Å². The Balaban J connectivity index is 1.36. The predicted octanol–water partition coefficient (Wildman–Crippen LogP) is 3.80. The lowest BCUT2D eigenvalue weighted by molar-refractivity contribution is 0.0895. The van der Waals surface area contributed by atoms with Crippen LogP contribution in [0.1, 0.15) is 63.2 Å². The van der Waals surface area contributed by atoms with Crippen molar-refractivity contribution >= 4 is 11.6 Å². The molecule has 4 aromatic rings. The minimum Gasteiger partial charge on any atom is -0.493 e. The van der Waals surface area contributed by atoms with Gasteiger partial charge in [-0.05, 0) is 25.0 Å². The number of aliphatic hydroxyl groups excluding tert-OH is 1. The largest absolute Gasteiger partial charge is 0.493 e. The first-order valence-electron chi connectivity index (χ1n) is 11.9. The van der Waals surface area contributed by atoms with Crippen molar-refractivity contribution < 1.29 is 14.3 Å². The number of aromatic nitrogens is 6. The first kappa shape index (κ1) is 23.9. The quantitative estimate of drug-likeness (QED) is 0.342. The highest BCUT2D eigenvalue weighted by Crippen LogP contribution is 2.36. The smallest absolute Gasteiger partial charge is 0.259 e. The maximum atomic E-state index is 10.8. The second-order valence-electron chi connectivity index (χ2n) is 9.85. The van der Waals surface area contributed by atoms with Crippen molar-refractivity contribution in [3.05, 3.63) is 60.2 Å². The van der Waals surface area contributed by atoms with Crippen LogP contribution in [0.5, 0.6) is 5.75 Å². The van der Waals surface area contributed by atoms with E-state index in [9.17, 15) is 5.11 Å². The number of nitrogens with zero attached hydrogens (tertiary/aromatic N) is 6. The molecule has 0 saturated heterocycles. The molecular formula is C25H30N8O3. The van der Waals surface area contributed by atoms with Crippen molar-refractivity contribution in [1.29, 1.82) is 0 Å². The SMILES string of the molecule is Cn1cc(Nc2nccc(-c3ccc4c(c3)OCCCC4NC(O)c3nnc(C(C)(C)C)o3)n2)cn1. The number of aryl methyl sites for hydroxylation is 1. The second-order valence-corrected chi connectivity index (χ2v) is 9.85. The molecule has 1 aromatic carbocycles. The summed E-state index contributed by atoms with van der Waals surface area (Å²) in [5.41, 5.74) is 3.13. The van der Waals surface area contributed by atoms with Crippen LogP contribution in [0.25, 0.3) is 11.3 Å². The minimum atomic E-state index is -1.09. The van der Waals surface area contributed by atoms with Crippen molar-refractivity contribution in [3.63, 3.8) is 0 Å². The number of nitrogens with one attached hydrogen (secondary N) is 2. The molecule has 11 heteroatoms. The van der Waals surface area contributed by atoms with Crippen LogP contribution < -0.4 is 15.4 Å². The molecule has 1 aliphatic heterocycles. The molecule has 5 rings (SSSR count). The van der Waals surface area contributed by atoms with Crippen molar-refractivity contribution in [3.8, 4) is 17.0 Å². The zero-order chi connectivity index (χ0) is 25.3. The molecule has 0 aliphatic carbocycles. The summed E-state index contributed by atoms with van der Waals surface area (Å²) in [7, 11) is 1.85. The monoisotopic (exact) mass is 490 g/mol. The second kappa shape index (κ2) is 9.67. The van der Waals surface area contributed by atoms with E-state index in [1.165, 1.54) is 0 Å². The molecule has 0 fully saturated rings. The number of ether oxygens (including phenoxy) is 1. The van der Waals surface area contributed by atoms with E-state index in [-0.39, 0.29) is 17.3 Å². The molecule has 2 unspecified atom stereocenters. The van der Waals surface area contributed by atoms with Crippen LogP contribution in [0.3, 0.4) is 0 Å². The van der Waals surface area contributed by atoms with Crippen molar-refractivity contribution in [2.45, 2.75) is 51.3 Å². The summed E-state index contributed by atoms with van der Waals surface area (Å²) >= 11 is 0. The van der Waals surface area contributed by atoms with Gasteiger partial charge in [0.1, 0.15) is 5.75 Å². The molecule has 188 valence electrons. The molecule has 1 aliphatic rings. The Kier molecular flexibility index (Phi) is 6.42. The Morgan fingerprint density at radius 3 is 2.81 bits per heavy atom. The molecule has 11 nitrogen and oxygen atoms in total. The average molecular weight is 491 g/mol. The fourth-order valence-electron chi connectivity index (χ4n) is 4.01. The van der Waals surface area contributed by atoms with Gasteiger partial charge in [-0.1, -0.05) is 32.9 Å². The summed E-state index contributed by atoms with van der Waals surface area (Å²) in [4.78, 5) is 8.97. The van der Waals surface area contributed by atoms with Gasteiger partial charge >= 0.3 is 0 Å². The van der Waals surface area contributed by atoms with E-state index in [1.54, 1.807) is 17.1 Å². The fraction of sp³-hybridized carbons (Fsp3) is 0.400. The van der Waals surface area contributed by atoms with E-state index in [0.29, 0.717) is 18.4 Å². The first-order valence-corrected chi connectivity index (χ1v) is 11.9. The van der Waals surface area contributed by atoms with Gasteiger partial charge in [0, 0.05) is 42.0 Å². The highest BCUT2D eigenvalue weighted by Gasteiger charge is 2.28. The Hall–Kier alpha value is -3.83. The van der Waals surface area contributed by atoms with Crippen LogP contribution in [-0.4, -0.2) is 41.7 Å². The normalized spacial score (nSPS) is 16.6. The standard InChI is InChI=1S/C25H30N8O3/c1-25(2,3)23-32-31-22(36-23)21(34)29-19-6-5-11-35-20-12-15(7-8-17(19)20)18-9-10-26-24(30-18)28-16-13-27-33(4)14-16/h7-10,12-14,19,21,29,34H,5-6,11H2,1-4H3,(H,26,28,30). The zero-order valence-corrected chi connectivity index (χ0v) is 20.8. The lowest BCUT2D eigenvalue weighted by atomic mass is 9.97.